The van der Waals surface area contributed by atoms with Crippen molar-refractivity contribution in [2.24, 2.45) is 0 Å². The van der Waals surface area contributed by atoms with Gasteiger partial charge in [0.1, 0.15) is 0 Å². The van der Waals surface area contributed by atoms with E-state index in [2.05, 4.69) is 4.72 Å². The van der Waals surface area contributed by atoms with E-state index in [9.17, 15) is 21.6 Å². The predicted molar refractivity (Wildman–Crippen MR) is 132 cm³/mol. The van der Waals surface area contributed by atoms with E-state index in [1.54, 1.807) is 35.2 Å². The molecule has 178 valence electrons. The molecule has 0 saturated heterocycles. The molecule has 1 aliphatic heterocycles. The van der Waals surface area contributed by atoms with Gasteiger partial charge in [-0.25, -0.2) is 16.8 Å². The van der Waals surface area contributed by atoms with Crippen molar-refractivity contribution in [3.63, 3.8) is 0 Å². The number of sulfone groups is 1. The fourth-order valence-corrected chi connectivity index (χ4v) is 5.66. The molecule has 0 fully saturated rings. The van der Waals surface area contributed by atoms with Gasteiger partial charge < -0.3 is 9.47 Å². The number of carbonyl (C=O) groups excluding carboxylic acids is 1. The van der Waals surface area contributed by atoms with Crippen molar-refractivity contribution in [1.29, 1.82) is 0 Å². The summed E-state index contributed by atoms with van der Waals surface area (Å²) < 4.78 is 51.2. The Kier molecular flexibility index (Phi) is 6.63. The van der Waals surface area contributed by atoms with Crippen molar-refractivity contribution in [3.05, 3.63) is 95.7 Å². The Balaban J connectivity index is 1.51. The first-order valence-electron chi connectivity index (χ1n) is 10.6. The third-order valence-corrected chi connectivity index (χ3v) is 7.42. The van der Waals surface area contributed by atoms with Crippen molar-refractivity contribution >= 4 is 31.5 Å². The standard InChI is InChI=1S/C24H25N3O5S2/c1-33(29,30)25-21-8-4-20(5-9-21)17-27(23-12-15-34(31,32)18-23)24(28)16-19-6-10-22(11-7-19)26-13-2-3-14-26/h2-15,23,25H,16-18H2,1H3. The van der Waals surface area contributed by atoms with E-state index >= 15 is 0 Å². The molecular weight excluding hydrogens is 474 g/mol. The lowest BCUT2D eigenvalue weighted by molar-refractivity contribution is -0.132. The summed E-state index contributed by atoms with van der Waals surface area (Å²) in [6, 6.07) is 17.6. The molecule has 1 aromatic heterocycles. The molecule has 1 aliphatic rings. The number of amides is 1. The highest BCUT2D eigenvalue weighted by molar-refractivity contribution is 7.94. The molecule has 1 unspecified atom stereocenters. The molecule has 0 saturated carbocycles. The minimum atomic E-state index is -3.40. The lowest BCUT2D eigenvalue weighted by Crippen LogP contribution is -2.41. The molecule has 34 heavy (non-hydrogen) atoms. The second kappa shape index (κ2) is 9.47. The fourth-order valence-electron chi connectivity index (χ4n) is 3.80. The summed E-state index contributed by atoms with van der Waals surface area (Å²) in [4.78, 5) is 14.8. The van der Waals surface area contributed by atoms with Gasteiger partial charge in [0.15, 0.2) is 9.84 Å². The largest absolute Gasteiger partial charge is 0.331 e. The predicted octanol–water partition coefficient (Wildman–Crippen LogP) is 2.73. The number of nitrogens with zero attached hydrogens (tertiary/aromatic N) is 2. The maximum absolute atomic E-state index is 13.3. The maximum Gasteiger partial charge on any atom is 0.229 e. The summed E-state index contributed by atoms with van der Waals surface area (Å²) in [7, 11) is -6.75. The van der Waals surface area contributed by atoms with E-state index in [1.165, 1.54) is 0 Å². The van der Waals surface area contributed by atoms with Crippen LogP contribution in [0.25, 0.3) is 5.69 Å². The zero-order chi connectivity index (χ0) is 24.3. The molecule has 4 rings (SSSR count). The Bertz CT molecular complexity index is 1390. The van der Waals surface area contributed by atoms with Gasteiger partial charge in [-0.2, -0.15) is 0 Å². The molecule has 8 nitrogen and oxygen atoms in total. The average Bonchev–Trinajstić information content (AvgIpc) is 3.42. The molecule has 2 heterocycles. The molecule has 0 aliphatic carbocycles. The molecule has 0 spiro atoms. The number of hydrogen-bond donors (Lipinski definition) is 1. The fraction of sp³-hybridized carbons (Fsp3) is 0.208. The van der Waals surface area contributed by atoms with Crippen LogP contribution in [0.3, 0.4) is 0 Å². The lowest BCUT2D eigenvalue weighted by Gasteiger charge is -2.28. The third-order valence-electron chi connectivity index (χ3n) is 5.44. The highest BCUT2D eigenvalue weighted by Gasteiger charge is 2.30. The molecule has 2 aromatic carbocycles. The first-order chi connectivity index (χ1) is 16.1. The van der Waals surface area contributed by atoms with Gasteiger partial charge in [0, 0.05) is 35.7 Å². The second-order valence-corrected chi connectivity index (χ2v) is 11.9. The van der Waals surface area contributed by atoms with Gasteiger partial charge in [0.25, 0.3) is 0 Å². The van der Waals surface area contributed by atoms with E-state index in [1.807, 2.05) is 53.4 Å². The normalized spacial score (nSPS) is 16.9. The van der Waals surface area contributed by atoms with Crippen molar-refractivity contribution in [2.45, 2.75) is 19.0 Å². The van der Waals surface area contributed by atoms with E-state index in [4.69, 9.17) is 0 Å². The molecule has 1 N–H and O–H groups in total. The first kappa shape index (κ1) is 23.8. The summed E-state index contributed by atoms with van der Waals surface area (Å²) in [5, 5.41) is 1.16. The quantitative estimate of drug-likeness (QED) is 0.513. The van der Waals surface area contributed by atoms with Gasteiger partial charge in [0.05, 0.1) is 24.5 Å². The smallest absolute Gasteiger partial charge is 0.229 e. The van der Waals surface area contributed by atoms with Gasteiger partial charge in [-0.15, -0.1) is 0 Å². The average molecular weight is 500 g/mol. The molecule has 0 bridgehead atoms. The number of nitrogens with one attached hydrogen (secondary N) is 1. The Labute approximate surface area is 199 Å². The van der Waals surface area contributed by atoms with Crippen molar-refractivity contribution in [3.8, 4) is 5.69 Å². The summed E-state index contributed by atoms with van der Waals surface area (Å²) in [6.45, 7) is 0.198. The van der Waals surface area contributed by atoms with Gasteiger partial charge >= 0.3 is 0 Å². The van der Waals surface area contributed by atoms with Crippen LogP contribution < -0.4 is 4.72 Å². The zero-order valence-corrected chi connectivity index (χ0v) is 20.2. The molecule has 10 heteroatoms. The van der Waals surface area contributed by atoms with Crippen LogP contribution in [0.1, 0.15) is 11.1 Å². The third kappa shape index (κ3) is 6.15. The van der Waals surface area contributed by atoms with Gasteiger partial charge in [-0.3, -0.25) is 9.52 Å². The number of sulfonamides is 1. The molecule has 0 radical (unpaired) electrons. The minimum Gasteiger partial charge on any atom is -0.331 e. The Morgan fingerprint density at radius 1 is 1.03 bits per heavy atom. The number of benzene rings is 2. The Morgan fingerprint density at radius 2 is 1.65 bits per heavy atom. The van der Waals surface area contributed by atoms with E-state index in [0.717, 1.165) is 28.5 Å². The van der Waals surface area contributed by atoms with Gasteiger partial charge in [0.2, 0.25) is 15.9 Å². The number of rotatable bonds is 8. The number of carbonyl (C=O) groups is 1. The highest BCUT2D eigenvalue weighted by atomic mass is 32.2. The van der Waals surface area contributed by atoms with Crippen molar-refractivity contribution < 1.29 is 21.6 Å². The Hall–Kier alpha value is -3.37. The monoisotopic (exact) mass is 499 g/mol. The SMILES string of the molecule is CS(=O)(=O)Nc1ccc(CN(C(=O)Cc2ccc(-n3cccc3)cc2)C2C=CS(=O)(=O)C2)cc1. The Morgan fingerprint density at radius 3 is 2.21 bits per heavy atom. The maximum atomic E-state index is 13.3. The number of anilines is 1. The summed E-state index contributed by atoms with van der Waals surface area (Å²) >= 11 is 0. The van der Waals surface area contributed by atoms with Crippen molar-refractivity contribution in [2.75, 3.05) is 16.7 Å². The zero-order valence-electron chi connectivity index (χ0n) is 18.5. The number of aromatic nitrogens is 1. The summed E-state index contributed by atoms with van der Waals surface area (Å²) in [5.41, 5.74) is 2.97. The van der Waals surface area contributed by atoms with Crippen LogP contribution in [0, 0.1) is 0 Å². The number of hydrogen-bond acceptors (Lipinski definition) is 5. The van der Waals surface area contributed by atoms with E-state index in [0.29, 0.717) is 5.69 Å². The van der Waals surface area contributed by atoms with Gasteiger partial charge in [-0.1, -0.05) is 24.3 Å². The van der Waals surface area contributed by atoms with Crippen LogP contribution in [0.4, 0.5) is 5.69 Å². The van der Waals surface area contributed by atoms with Gasteiger partial charge in [-0.05, 0) is 53.6 Å². The first-order valence-corrected chi connectivity index (χ1v) is 14.2. The van der Waals surface area contributed by atoms with E-state index < -0.39 is 25.9 Å². The van der Waals surface area contributed by atoms with Crippen LogP contribution >= 0.6 is 0 Å². The van der Waals surface area contributed by atoms with Crippen LogP contribution in [-0.4, -0.2) is 50.3 Å². The molecule has 1 atom stereocenters. The van der Waals surface area contributed by atoms with Crippen molar-refractivity contribution in [1.82, 2.24) is 9.47 Å². The summed E-state index contributed by atoms with van der Waals surface area (Å²) in [5.74, 6) is -0.349. The minimum absolute atomic E-state index is 0.129. The molecule has 1 amide bonds. The van der Waals surface area contributed by atoms with Crippen LogP contribution in [0.5, 0.6) is 0 Å². The lowest BCUT2D eigenvalue weighted by atomic mass is 10.1. The summed E-state index contributed by atoms with van der Waals surface area (Å²) in [6.07, 6.45) is 6.61. The second-order valence-electron chi connectivity index (χ2n) is 8.25. The molecular formula is C24H25N3O5S2. The van der Waals surface area contributed by atoms with Crippen LogP contribution in [0.2, 0.25) is 0 Å². The van der Waals surface area contributed by atoms with Crippen LogP contribution in [-0.2, 0) is 37.6 Å². The van der Waals surface area contributed by atoms with Crippen LogP contribution in [0.15, 0.2) is 84.5 Å². The molecule has 3 aromatic rings. The highest BCUT2D eigenvalue weighted by Crippen LogP contribution is 2.21. The van der Waals surface area contributed by atoms with E-state index in [-0.39, 0.29) is 24.6 Å². The topological polar surface area (TPSA) is 106 Å².